The highest BCUT2D eigenvalue weighted by Crippen LogP contribution is 2.30. The molecule has 0 aliphatic heterocycles. The highest BCUT2D eigenvalue weighted by molar-refractivity contribution is 6.35. The summed E-state index contributed by atoms with van der Waals surface area (Å²) in [7, 11) is 1.32. The summed E-state index contributed by atoms with van der Waals surface area (Å²) in [5, 5.41) is 1.04. The van der Waals surface area contributed by atoms with Gasteiger partial charge < -0.3 is 10.1 Å². The van der Waals surface area contributed by atoms with Gasteiger partial charge in [0.1, 0.15) is 10.6 Å². The van der Waals surface area contributed by atoms with Crippen molar-refractivity contribution in [2.24, 2.45) is 0 Å². The smallest absolute Gasteiger partial charge is 0.343 e. The maximum atomic E-state index is 14.5. The molecule has 2 aromatic heterocycles. The zero-order valence-corrected chi connectivity index (χ0v) is 15.7. The first-order valence-electron chi connectivity index (χ1n) is 8.15. The van der Waals surface area contributed by atoms with Gasteiger partial charge in [0.2, 0.25) is 5.43 Å². The molecule has 0 saturated carbocycles. The van der Waals surface area contributed by atoms with Crippen LogP contribution < -0.4 is 10.7 Å². The van der Waals surface area contributed by atoms with Crippen LogP contribution in [0.1, 0.15) is 17.3 Å². The van der Waals surface area contributed by atoms with E-state index < -0.39 is 62.0 Å². The van der Waals surface area contributed by atoms with Crippen molar-refractivity contribution in [3.63, 3.8) is 0 Å². The molecule has 3 aromatic rings. The zero-order valence-electron chi connectivity index (χ0n) is 14.9. The minimum atomic E-state index is -1.49. The van der Waals surface area contributed by atoms with Crippen molar-refractivity contribution < 1.29 is 27.1 Å². The number of hydrogen-bond donors (Lipinski definition) is 1. The number of nitrogens with zero attached hydrogens (tertiary/aromatic N) is 2. The van der Waals surface area contributed by atoms with Crippen LogP contribution in [-0.4, -0.2) is 29.2 Å². The average molecular weight is 430 g/mol. The van der Waals surface area contributed by atoms with Crippen molar-refractivity contribution in [1.82, 2.24) is 9.55 Å². The summed E-state index contributed by atoms with van der Waals surface area (Å²) in [6, 6.07) is 1.02. The Labute approximate surface area is 165 Å². The summed E-state index contributed by atoms with van der Waals surface area (Å²) < 4.78 is 61.8. The molecule has 0 bridgehead atoms. The van der Waals surface area contributed by atoms with Gasteiger partial charge in [-0.05, 0) is 13.0 Å². The highest BCUT2D eigenvalue weighted by Gasteiger charge is 2.24. The largest absolute Gasteiger partial charge is 0.462 e. The molecule has 0 radical (unpaired) electrons. The van der Waals surface area contributed by atoms with Gasteiger partial charge in [0.25, 0.3) is 0 Å². The molecule has 0 spiro atoms. The number of fused-ring (bicyclic) bond motifs is 1. The van der Waals surface area contributed by atoms with Gasteiger partial charge in [-0.25, -0.2) is 27.3 Å². The lowest BCUT2D eigenvalue weighted by molar-refractivity contribution is 0.0524. The maximum Gasteiger partial charge on any atom is 0.343 e. The third-order valence-electron chi connectivity index (χ3n) is 4.00. The molecule has 1 aromatic carbocycles. The first-order chi connectivity index (χ1) is 13.7. The molecule has 29 heavy (non-hydrogen) atoms. The lowest BCUT2D eigenvalue weighted by Crippen LogP contribution is -2.22. The minimum Gasteiger partial charge on any atom is -0.462 e. The molecule has 3 rings (SSSR count). The summed E-state index contributed by atoms with van der Waals surface area (Å²) in [6.07, 6.45) is 0.828. The fraction of sp³-hybridized carbons (Fsp3) is 0.167. The van der Waals surface area contributed by atoms with E-state index in [-0.39, 0.29) is 12.4 Å². The van der Waals surface area contributed by atoms with E-state index in [9.17, 15) is 27.2 Å². The summed E-state index contributed by atoms with van der Waals surface area (Å²) in [6.45, 7) is 1.41. The van der Waals surface area contributed by atoms with E-state index in [1.165, 1.54) is 14.0 Å². The second-order valence-electron chi connectivity index (χ2n) is 5.72. The van der Waals surface area contributed by atoms with Gasteiger partial charge in [-0.15, -0.1) is 0 Å². The SMILES string of the molecule is CCOC(=O)c1cn(-c2nc(NC)c(F)cc2F)c2c(Cl)c(F)c(F)cc2c1=O. The van der Waals surface area contributed by atoms with Crippen molar-refractivity contribution in [2.45, 2.75) is 6.92 Å². The summed E-state index contributed by atoms with van der Waals surface area (Å²) in [4.78, 5) is 28.6. The van der Waals surface area contributed by atoms with E-state index in [2.05, 4.69) is 10.3 Å². The van der Waals surface area contributed by atoms with Gasteiger partial charge in [-0.2, -0.15) is 0 Å². The number of esters is 1. The third kappa shape index (κ3) is 3.39. The Morgan fingerprint density at radius 1 is 1.21 bits per heavy atom. The fourth-order valence-electron chi connectivity index (χ4n) is 2.71. The molecule has 0 unspecified atom stereocenters. The van der Waals surface area contributed by atoms with Crippen molar-refractivity contribution in [3.8, 4) is 5.82 Å². The number of nitrogens with one attached hydrogen (secondary N) is 1. The van der Waals surface area contributed by atoms with Crippen LogP contribution in [-0.2, 0) is 4.74 Å². The van der Waals surface area contributed by atoms with Gasteiger partial charge in [-0.1, -0.05) is 11.6 Å². The van der Waals surface area contributed by atoms with E-state index in [1.807, 2.05) is 0 Å². The predicted molar refractivity (Wildman–Crippen MR) is 97.7 cm³/mol. The van der Waals surface area contributed by atoms with Crippen LogP contribution in [0.4, 0.5) is 23.4 Å². The summed E-state index contributed by atoms with van der Waals surface area (Å²) >= 11 is 5.88. The molecule has 0 fully saturated rings. The molecule has 11 heteroatoms. The lowest BCUT2D eigenvalue weighted by atomic mass is 10.1. The van der Waals surface area contributed by atoms with Gasteiger partial charge in [0.05, 0.1) is 17.5 Å². The number of hydrogen-bond acceptors (Lipinski definition) is 5. The Hall–Kier alpha value is -3.14. The Kier molecular flexibility index (Phi) is 5.47. The number of carbonyl (C=O) groups is 1. The number of anilines is 1. The molecule has 6 nitrogen and oxygen atoms in total. The van der Waals surface area contributed by atoms with E-state index >= 15 is 0 Å². The van der Waals surface area contributed by atoms with Crippen molar-refractivity contribution in [3.05, 3.63) is 62.4 Å². The standard InChI is InChI=1S/C18H12ClF4N3O3/c1-3-29-18(28)8-6-26(17-11(22)5-10(21)16(24-2)25-17)14-7(15(8)27)4-9(20)13(23)12(14)19/h4-6H,3H2,1-2H3,(H,24,25). The maximum absolute atomic E-state index is 14.5. The zero-order chi connectivity index (χ0) is 21.5. The van der Waals surface area contributed by atoms with Gasteiger partial charge in [0, 0.05) is 19.3 Å². The number of benzene rings is 1. The Morgan fingerprint density at radius 3 is 2.52 bits per heavy atom. The van der Waals surface area contributed by atoms with Gasteiger partial charge in [-0.3, -0.25) is 9.36 Å². The number of aromatic nitrogens is 2. The van der Waals surface area contributed by atoms with Crippen LogP contribution in [0.2, 0.25) is 5.02 Å². The molecule has 0 amide bonds. The molecule has 0 atom stereocenters. The van der Waals surface area contributed by atoms with Crippen LogP contribution in [0.5, 0.6) is 0 Å². The monoisotopic (exact) mass is 429 g/mol. The molecule has 0 aliphatic carbocycles. The predicted octanol–water partition coefficient (Wildman–Crippen LogP) is 3.81. The first kappa shape index (κ1) is 20.6. The van der Waals surface area contributed by atoms with E-state index in [1.54, 1.807) is 0 Å². The van der Waals surface area contributed by atoms with Crippen LogP contribution in [0, 0.1) is 23.3 Å². The fourth-order valence-corrected chi connectivity index (χ4v) is 3.00. The van der Waals surface area contributed by atoms with Crippen molar-refractivity contribution in [1.29, 1.82) is 0 Å². The van der Waals surface area contributed by atoms with E-state index in [0.29, 0.717) is 12.1 Å². The summed E-state index contributed by atoms with van der Waals surface area (Å²) in [5.41, 5.74) is -2.06. The molecular formula is C18H12ClF4N3O3. The van der Waals surface area contributed by atoms with Crippen molar-refractivity contribution >= 4 is 34.3 Å². The van der Waals surface area contributed by atoms with Crippen LogP contribution in [0.15, 0.2) is 23.1 Å². The molecule has 1 N–H and O–H groups in total. The van der Waals surface area contributed by atoms with Crippen LogP contribution >= 0.6 is 11.6 Å². The van der Waals surface area contributed by atoms with Gasteiger partial charge >= 0.3 is 5.97 Å². The number of halogens is 5. The molecule has 0 aliphatic rings. The van der Waals surface area contributed by atoms with Crippen molar-refractivity contribution in [2.75, 3.05) is 19.0 Å². The Morgan fingerprint density at radius 2 is 1.90 bits per heavy atom. The highest BCUT2D eigenvalue weighted by atomic mass is 35.5. The van der Waals surface area contributed by atoms with Crippen LogP contribution in [0.3, 0.4) is 0 Å². The topological polar surface area (TPSA) is 73.2 Å². The van der Waals surface area contributed by atoms with E-state index in [0.717, 1.165) is 10.8 Å². The molecule has 0 saturated heterocycles. The number of carbonyl (C=O) groups excluding carboxylic acids is 1. The van der Waals surface area contributed by atoms with Gasteiger partial charge in [0.15, 0.2) is 34.9 Å². The second kappa shape index (κ2) is 7.70. The van der Waals surface area contributed by atoms with E-state index in [4.69, 9.17) is 16.3 Å². The normalized spacial score (nSPS) is 11.0. The number of ether oxygens (including phenoxy) is 1. The third-order valence-corrected chi connectivity index (χ3v) is 4.34. The Balaban J connectivity index is 2.52. The van der Waals surface area contributed by atoms with Crippen LogP contribution in [0.25, 0.3) is 16.7 Å². The summed E-state index contributed by atoms with van der Waals surface area (Å²) in [5.74, 6) is -7.23. The molecule has 2 heterocycles. The number of pyridine rings is 2. The minimum absolute atomic E-state index is 0.0814. The number of rotatable bonds is 4. The first-order valence-corrected chi connectivity index (χ1v) is 8.53. The lowest BCUT2D eigenvalue weighted by Gasteiger charge is -2.16. The Bertz CT molecular complexity index is 1210. The molecular weight excluding hydrogens is 418 g/mol. The molecule has 152 valence electrons. The second-order valence-corrected chi connectivity index (χ2v) is 6.10. The quantitative estimate of drug-likeness (QED) is 0.388. The average Bonchev–Trinajstić information content (AvgIpc) is 2.67.